The predicted octanol–water partition coefficient (Wildman–Crippen LogP) is 2.63. The number of hydrogen-bond acceptors (Lipinski definition) is 2. The van der Waals surface area contributed by atoms with Gasteiger partial charge in [-0.15, -0.1) is 12.4 Å². The van der Waals surface area contributed by atoms with Crippen LogP contribution in [0.5, 0.6) is 0 Å². The molecule has 18 heavy (non-hydrogen) atoms. The molecule has 3 nitrogen and oxygen atoms in total. The molecule has 5 heteroatoms. The van der Waals surface area contributed by atoms with Gasteiger partial charge in [-0.3, -0.25) is 4.79 Å². The van der Waals surface area contributed by atoms with Gasteiger partial charge in [-0.2, -0.15) is 0 Å². The Hall–Kier alpha value is -0.580. The molecule has 1 fully saturated rings. The summed E-state index contributed by atoms with van der Waals surface area (Å²) in [7, 11) is 0. The van der Waals surface area contributed by atoms with Crippen molar-refractivity contribution in [3.05, 3.63) is 34.3 Å². The molecule has 0 saturated carbocycles. The zero-order valence-electron chi connectivity index (χ0n) is 10.1. The van der Waals surface area contributed by atoms with Crippen LogP contribution >= 0.6 is 28.3 Å². The van der Waals surface area contributed by atoms with Gasteiger partial charge in [0.2, 0.25) is 5.91 Å². The molecular weight excluding hydrogens is 316 g/mol. The molecule has 0 radical (unpaired) electrons. The first-order chi connectivity index (χ1) is 8.25. The Labute approximate surface area is 122 Å². The van der Waals surface area contributed by atoms with E-state index in [0.29, 0.717) is 6.54 Å². The Morgan fingerprint density at radius 2 is 2.06 bits per heavy atom. The minimum Gasteiger partial charge on any atom is -0.351 e. The van der Waals surface area contributed by atoms with Crippen LogP contribution in [-0.2, 0) is 11.3 Å². The van der Waals surface area contributed by atoms with Gasteiger partial charge in [0.25, 0.3) is 0 Å². The average molecular weight is 334 g/mol. The number of hydrogen-bond donors (Lipinski definition) is 2. The van der Waals surface area contributed by atoms with E-state index in [1.165, 1.54) is 6.42 Å². The molecule has 1 heterocycles. The molecular formula is C13H18BrClN2O. The second-order valence-corrected chi connectivity index (χ2v) is 5.26. The molecule has 0 spiro atoms. The molecule has 1 aromatic rings. The molecule has 1 aliphatic rings. The van der Waals surface area contributed by atoms with Crippen LogP contribution in [0, 0.1) is 0 Å². The van der Waals surface area contributed by atoms with E-state index in [0.717, 1.165) is 29.4 Å². The molecule has 0 aromatic heterocycles. The maximum Gasteiger partial charge on any atom is 0.237 e. The molecule has 0 bridgehead atoms. The molecule has 1 atom stereocenters. The maximum absolute atomic E-state index is 11.9. The fourth-order valence-electron chi connectivity index (χ4n) is 1.99. The molecule has 1 aromatic carbocycles. The van der Waals surface area contributed by atoms with Gasteiger partial charge < -0.3 is 10.6 Å². The minimum atomic E-state index is -0.000742. The standard InChI is InChI=1S/C13H17BrN2O.ClH/c14-11-6-4-10(5-7-11)9-16-13(17)12-3-1-2-8-15-12;/h4-7,12,15H,1-3,8-9H2,(H,16,17);1H/t12-;/m1./s1. The summed E-state index contributed by atoms with van der Waals surface area (Å²) in [6, 6.07) is 8.00. The van der Waals surface area contributed by atoms with Gasteiger partial charge in [-0.1, -0.05) is 34.5 Å². The summed E-state index contributed by atoms with van der Waals surface area (Å²) < 4.78 is 1.06. The Morgan fingerprint density at radius 3 is 2.67 bits per heavy atom. The monoisotopic (exact) mass is 332 g/mol. The number of nitrogens with one attached hydrogen (secondary N) is 2. The Bertz CT molecular complexity index is 377. The third-order valence-corrected chi connectivity index (χ3v) is 3.54. The second kappa shape index (κ2) is 7.77. The summed E-state index contributed by atoms with van der Waals surface area (Å²) in [6.07, 6.45) is 3.27. The van der Waals surface area contributed by atoms with Crippen LogP contribution in [0.25, 0.3) is 0 Å². The van der Waals surface area contributed by atoms with Crippen LogP contribution in [0.15, 0.2) is 28.7 Å². The highest BCUT2D eigenvalue weighted by Gasteiger charge is 2.19. The van der Waals surface area contributed by atoms with Crippen LogP contribution in [0.2, 0.25) is 0 Å². The summed E-state index contributed by atoms with van der Waals surface area (Å²) in [5, 5.41) is 6.22. The van der Waals surface area contributed by atoms with E-state index in [1.54, 1.807) is 0 Å². The van der Waals surface area contributed by atoms with Crippen molar-refractivity contribution >= 4 is 34.2 Å². The minimum absolute atomic E-state index is 0. The number of piperidine rings is 1. The lowest BCUT2D eigenvalue weighted by molar-refractivity contribution is -0.123. The lowest BCUT2D eigenvalue weighted by Crippen LogP contribution is -2.46. The van der Waals surface area contributed by atoms with E-state index in [9.17, 15) is 4.79 Å². The zero-order valence-corrected chi connectivity index (χ0v) is 12.5. The third-order valence-electron chi connectivity index (χ3n) is 3.01. The smallest absolute Gasteiger partial charge is 0.237 e. The van der Waals surface area contributed by atoms with Crippen LogP contribution in [0.4, 0.5) is 0 Å². The first-order valence-electron chi connectivity index (χ1n) is 6.01. The third kappa shape index (κ3) is 4.59. The van der Waals surface area contributed by atoms with E-state index >= 15 is 0 Å². The SMILES string of the molecule is Cl.O=C(NCc1ccc(Br)cc1)[C@H]1CCCCN1. The van der Waals surface area contributed by atoms with Gasteiger partial charge in [0.1, 0.15) is 0 Å². The topological polar surface area (TPSA) is 41.1 Å². The van der Waals surface area contributed by atoms with Gasteiger partial charge in [0.15, 0.2) is 0 Å². The van der Waals surface area contributed by atoms with Crippen molar-refractivity contribution in [2.75, 3.05) is 6.54 Å². The quantitative estimate of drug-likeness (QED) is 0.893. The normalized spacial score (nSPS) is 18.8. The van der Waals surface area contributed by atoms with E-state index < -0.39 is 0 Å². The van der Waals surface area contributed by atoms with Crippen molar-refractivity contribution < 1.29 is 4.79 Å². The molecule has 2 rings (SSSR count). The Kier molecular flexibility index (Phi) is 6.68. The number of amides is 1. The van der Waals surface area contributed by atoms with Crippen LogP contribution in [0.1, 0.15) is 24.8 Å². The zero-order chi connectivity index (χ0) is 12.1. The summed E-state index contributed by atoms with van der Waals surface area (Å²) in [5.74, 6) is 0.118. The fraction of sp³-hybridized carbons (Fsp3) is 0.462. The molecule has 100 valence electrons. The average Bonchev–Trinajstić information content (AvgIpc) is 2.39. The second-order valence-electron chi connectivity index (χ2n) is 4.35. The molecule has 1 amide bonds. The van der Waals surface area contributed by atoms with Gasteiger partial charge in [0.05, 0.1) is 6.04 Å². The van der Waals surface area contributed by atoms with Gasteiger partial charge in [0, 0.05) is 11.0 Å². The van der Waals surface area contributed by atoms with Crippen LogP contribution in [-0.4, -0.2) is 18.5 Å². The molecule has 1 aliphatic heterocycles. The van der Waals surface area contributed by atoms with Crippen LogP contribution in [0.3, 0.4) is 0 Å². The lowest BCUT2D eigenvalue weighted by atomic mass is 10.0. The lowest BCUT2D eigenvalue weighted by Gasteiger charge is -2.22. The summed E-state index contributed by atoms with van der Waals surface area (Å²) >= 11 is 3.39. The summed E-state index contributed by atoms with van der Waals surface area (Å²) in [5.41, 5.74) is 1.12. The van der Waals surface area contributed by atoms with E-state index in [2.05, 4.69) is 26.6 Å². The Morgan fingerprint density at radius 1 is 1.33 bits per heavy atom. The van der Waals surface area contributed by atoms with Gasteiger partial charge in [-0.05, 0) is 37.1 Å². The highest BCUT2D eigenvalue weighted by Crippen LogP contribution is 2.11. The highest BCUT2D eigenvalue weighted by molar-refractivity contribution is 9.10. The predicted molar refractivity (Wildman–Crippen MR) is 78.9 cm³/mol. The first kappa shape index (κ1) is 15.5. The maximum atomic E-state index is 11.9. The van der Waals surface area contributed by atoms with Gasteiger partial charge in [-0.25, -0.2) is 0 Å². The highest BCUT2D eigenvalue weighted by atomic mass is 79.9. The van der Waals surface area contributed by atoms with Crippen molar-refractivity contribution in [1.82, 2.24) is 10.6 Å². The van der Waals surface area contributed by atoms with Crippen molar-refractivity contribution in [3.8, 4) is 0 Å². The molecule has 2 N–H and O–H groups in total. The first-order valence-corrected chi connectivity index (χ1v) is 6.80. The summed E-state index contributed by atoms with van der Waals surface area (Å²) in [6.45, 7) is 1.56. The molecule has 0 aliphatic carbocycles. The number of halogens is 2. The Balaban J connectivity index is 0.00000162. The van der Waals surface area contributed by atoms with E-state index in [1.807, 2.05) is 24.3 Å². The number of carbonyl (C=O) groups excluding carboxylic acids is 1. The van der Waals surface area contributed by atoms with Gasteiger partial charge >= 0.3 is 0 Å². The number of carbonyl (C=O) groups is 1. The van der Waals surface area contributed by atoms with E-state index in [4.69, 9.17) is 0 Å². The van der Waals surface area contributed by atoms with Crippen molar-refractivity contribution in [3.63, 3.8) is 0 Å². The molecule has 0 unspecified atom stereocenters. The number of rotatable bonds is 3. The summed E-state index contributed by atoms with van der Waals surface area (Å²) in [4.78, 5) is 11.9. The van der Waals surface area contributed by atoms with Crippen LogP contribution < -0.4 is 10.6 Å². The van der Waals surface area contributed by atoms with Crippen molar-refractivity contribution in [2.24, 2.45) is 0 Å². The van der Waals surface area contributed by atoms with Crippen molar-refractivity contribution in [2.45, 2.75) is 31.8 Å². The largest absolute Gasteiger partial charge is 0.351 e. The number of benzene rings is 1. The fourth-order valence-corrected chi connectivity index (χ4v) is 2.25. The van der Waals surface area contributed by atoms with E-state index in [-0.39, 0.29) is 24.4 Å². The van der Waals surface area contributed by atoms with Crippen molar-refractivity contribution in [1.29, 1.82) is 0 Å². The molecule has 1 saturated heterocycles.